The van der Waals surface area contributed by atoms with Gasteiger partial charge >= 0.3 is 0 Å². The molecule has 0 aliphatic heterocycles. The summed E-state index contributed by atoms with van der Waals surface area (Å²) >= 11 is 1.68. The first-order chi connectivity index (χ1) is 7.79. The molecule has 0 saturated carbocycles. The Labute approximate surface area is 99.5 Å². The molecule has 1 unspecified atom stereocenters. The zero-order valence-corrected chi connectivity index (χ0v) is 9.78. The van der Waals surface area contributed by atoms with Gasteiger partial charge < -0.3 is 10.8 Å². The third-order valence-corrected chi connectivity index (χ3v) is 3.60. The van der Waals surface area contributed by atoms with Crippen molar-refractivity contribution in [3.63, 3.8) is 0 Å². The Morgan fingerprint density at radius 3 is 2.62 bits per heavy atom. The van der Waals surface area contributed by atoms with Gasteiger partial charge in [-0.1, -0.05) is 30.3 Å². The van der Waals surface area contributed by atoms with Gasteiger partial charge in [-0.05, 0) is 22.9 Å². The third-order valence-electron chi connectivity index (χ3n) is 2.42. The first kappa shape index (κ1) is 11.5. The lowest BCUT2D eigenvalue weighted by atomic mass is 10.1. The van der Waals surface area contributed by atoms with Crippen molar-refractivity contribution < 1.29 is 5.11 Å². The highest BCUT2D eigenvalue weighted by Gasteiger charge is 2.02. The highest BCUT2D eigenvalue weighted by Crippen LogP contribution is 2.23. The monoisotopic (exact) mass is 233 g/mol. The van der Waals surface area contributed by atoms with E-state index in [0.717, 1.165) is 5.75 Å². The Morgan fingerprint density at radius 1 is 1.12 bits per heavy atom. The normalized spacial score (nSPS) is 12.9. The Balaban J connectivity index is 2.13. The van der Waals surface area contributed by atoms with Crippen molar-refractivity contribution in [2.24, 2.45) is 5.73 Å². The molecule has 1 atom stereocenters. The molecule has 0 aliphatic rings. The molecule has 0 fully saturated rings. The highest BCUT2D eigenvalue weighted by atomic mass is 32.2. The van der Waals surface area contributed by atoms with Gasteiger partial charge in [-0.25, -0.2) is 0 Å². The van der Waals surface area contributed by atoms with Crippen LogP contribution in [0.1, 0.15) is 0 Å². The predicted molar refractivity (Wildman–Crippen MR) is 69.7 cm³/mol. The van der Waals surface area contributed by atoms with Crippen LogP contribution in [0.2, 0.25) is 0 Å². The average Bonchev–Trinajstić information content (AvgIpc) is 2.35. The molecular weight excluding hydrogens is 218 g/mol. The fraction of sp³-hybridized carbons (Fsp3) is 0.231. The van der Waals surface area contributed by atoms with Gasteiger partial charge in [-0.2, -0.15) is 0 Å². The second kappa shape index (κ2) is 5.34. The van der Waals surface area contributed by atoms with Gasteiger partial charge in [0.15, 0.2) is 0 Å². The topological polar surface area (TPSA) is 46.2 Å². The lowest BCUT2D eigenvalue weighted by molar-refractivity contribution is 0.275. The fourth-order valence-electron chi connectivity index (χ4n) is 1.51. The summed E-state index contributed by atoms with van der Waals surface area (Å²) in [6.07, 6.45) is 0. The Hall–Kier alpha value is -1.03. The zero-order valence-electron chi connectivity index (χ0n) is 8.97. The largest absolute Gasteiger partial charge is 0.395 e. The lowest BCUT2D eigenvalue weighted by Gasteiger charge is -2.08. The van der Waals surface area contributed by atoms with Gasteiger partial charge in [0.1, 0.15) is 0 Å². The van der Waals surface area contributed by atoms with Gasteiger partial charge in [0.25, 0.3) is 0 Å². The van der Waals surface area contributed by atoms with E-state index < -0.39 is 0 Å². The number of nitrogens with two attached hydrogens (primary N) is 1. The minimum atomic E-state index is -0.142. The second-order valence-corrected chi connectivity index (χ2v) is 4.86. The third kappa shape index (κ3) is 2.76. The first-order valence-electron chi connectivity index (χ1n) is 5.27. The number of rotatable bonds is 4. The van der Waals surface area contributed by atoms with Crippen LogP contribution in [0.15, 0.2) is 47.4 Å². The van der Waals surface area contributed by atoms with E-state index in [0.29, 0.717) is 0 Å². The van der Waals surface area contributed by atoms with Crippen LogP contribution in [-0.2, 0) is 0 Å². The lowest BCUT2D eigenvalue weighted by Crippen LogP contribution is -2.26. The quantitative estimate of drug-likeness (QED) is 0.796. The van der Waals surface area contributed by atoms with E-state index in [1.165, 1.54) is 15.7 Å². The maximum atomic E-state index is 8.85. The van der Waals surface area contributed by atoms with Crippen LogP contribution in [0.3, 0.4) is 0 Å². The molecule has 2 aromatic carbocycles. The van der Waals surface area contributed by atoms with Crippen molar-refractivity contribution in [3.05, 3.63) is 42.5 Å². The summed E-state index contributed by atoms with van der Waals surface area (Å²) in [7, 11) is 0. The van der Waals surface area contributed by atoms with Crippen molar-refractivity contribution in [1.29, 1.82) is 0 Å². The number of hydrogen-bond acceptors (Lipinski definition) is 3. The van der Waals surface area contributed by atoms with Crippen LogP contribution in [0.4, 0.5) is 0 Å². The van der Waals surface area contributed by atoms with Crippen LogP contribution >= 0.6 is 11.8 Å². The van der Waals surface area contributed by atoms with E-state index in [4.69, 9.17) is 10.8 Å². The molecular formula is C13H15NOS. The van der Waals surface area contributed by atoms with Crippen molar-refractivity contribution in [2.45, 2.75) is 10.9 Å². The minimum absolute atomic E-state index is 0.0422. The molecule has 0 spiro atoms. The number of hydrogen-bond donors (Lipinski definition) is 2. The van der Waals surface area contributed by atoms with Crippen LogP contribution in [0.25, 0.3) is 10.8 Å². The van der Waals surface area contributed by atoms with Crippen molar-refractivity contribution in [1.82, 2.24) is 0 Å². The molecule has 84 valence electrons. The molecule has 0 saturated heterocycles. The zero-order chi connectivity index (χ0) is 11.4. The molecule has 16 heavy (non-hydrogen) atoms. The van der Waals surface area contributed by atoms with Crippen molar-refractivity contribution in [2.75, 3.05) is 12.4 Å². The number of aliphatic hydroxyl groups is 1. The molecule has 3 N–H and O–H groups in total. The maximum absolute atomic E-state index is 8.85. The van der Waals surface area contributed by atoms with Gasteiger partial charge in [0.05, 0.1) is 6.61 Å². The van der Waals surface area contributed by atoms with Crippen molar-refractivity contribution >= 4 is 22.5 Å². The average molecular weight is 233 g/mol. The van der Waals surface area contributed by atoms with Crippen molar-refractivity contribution in [3.8, 4) is 0 Å². The van der Waals surface area contributed by atoms with Crippen LogP contribution in [0.5, 0.6) is 0 Å². The van der Waals surface area contributed by atoms with Gasteiger partial charge in [-0.3, -0.25) is 0 Å². The molecule has 0 amide bonds. The summed E-state index contributed by atoms with van der Waals surface area (Å²) < 4.78 is 0. The minimum Gasteiger partial charge on any atom is -0.395 e. The summed E-state index contributed by atoms with van der Waals surface area (Å²) in [5, 5.41) is 11.3. The Bertz CT molecular complexity index is 472. The number of thioether (sulfide) groups is 1. The van der Waals surface area contributed by atoms with E-state index in [2.05, 4.69) is 30.3 Å². The molecule has 3 heteroatoms. The molecule has 0 heterocycles. The van der Waals surface area contributed by atoms with E-state index in [1.54, 1.807) is 11.8 Å². The first-order valence-corrected chi connectivity index (χ1v) is 6.26. The van der Waals surface area contributed by atoms with E-state index in [9.17, 15) is 0 Å². The standard InChI is InChI=1S/C13H15NOS/c14-12(8-15)9-16-13-6-5-10-3-1-2-4-11(10)7-13/h1-7,12,15H,8-9,14H2. The molecule has 2 nitrogen and oxygen atoms in total. The summed E-state index contributed by atoms with van der Waals surface area (Å²) in [5.41, 5.74) is 5.66. The van der Waals surface area contributed by atoms with Crippen LogP contribution in [-0.4, -0.2) is 23.5 Å². The predicted octanol–water partition coefficient (Wildman–Crippen LogP) is 2.25. The molecule has 0 aliphatic carbocycles. The summed E-state index contributed by atoms with van der Waals surface area (Å²) in [6.45, 7) is 0.0422. The molecule has 0 bridgehead atoms. The fourth-order valence-corrected chi connectivity index (χ4v) is 2.40. The summed E-state index contributed by atoms with van der Waals surface area (Å²) in [5.74, 6) is 0.745. The van der Waals surface area contributed by atoms with E-state index in [1.807, 2.05) is 12.1 Å². The van der Waals surface area contributed by atoms with Crippen LogP contribution in [0, 0.1) is 0 Å². The van der Waals surface area contributed by atoms with Gasteiger partial charge in [0, 0.05) is 16.7 Å². The summed E-state index contributed by atoms with van der Waals surface area (Å²) in [4.78, 5) is 1.20. The molecule has 0 aromatic heterocycles. The van der Waals surface area contributed by atoms with Gasteiger partial charge in [0.2, 0.25) is 0 Å². The van der Waals surface area contributed by atoms with E-state index >= 15 is 0 Å². The number of fused-ring (bicyclic) bond motifs is 1. The SMILES string of the molecule is NC(CO)CSc1ccc2ccccc2c1. The smallest absolute Gasteiger partial charge is 0.0590 e. The Kier molecular flexibility index (Phi) is 3.83. The van der Waals surface area contributed by atoms with Gasteiger partial charge in [-0.15, -0.1) is 11.8 Å². The van der Waals surface area contributed by atoms with E-state index in [-0.39, 0.29) is 12.6 Å². The molecule has 0 radical (unpaired) electrons. The highest BCUT2D eigenvalue weighted by molar-refractivity contribution is 7.99. The summed E-state index contributed by atoms with van der Waals surface area (Å²) in [6, 6.07) is 14.5. The molecule has 2 rings (SSSR count). The second-order valence-electron chi connectivity index (χ2n) is 3.76. The number of aliphatic hydroxyl groups excluding tert-OH is 1. The number of benzene rings is 2. The Morgan fingerprint density at radius 2 is 1.88 bits per heavy atom. The van der Waals surface area contributed by atoms with Crippen LogP contribution < -0.4 is 5.73 Å². The maximum Gasteiger partial charge on any atom is 0.0590 e. The molecule has 2 aromatic rings.